The predicted octanol–water partition coefficient (Wildman–Crippen LogP) is 0.233. The van der Waals surface area contributed by atoms with Gasteiger partial charge in [-0.3, -0.25) is 9.69 Å². The fourth-order valence-corrected chi connectivity index (χ4v) is 2.56. The zero-order valence-corrected chi connectivity index (χ0v) is 8.66. The first kappa shape index (κ1) is 10.4. The molecule has 1 aliphatic carbocycles. The molecule has 0 aromatic heterocycles. The minimum absolute atomic E-state index is 0.0700. The van der Waals surface area contributed by atoms with E-state index in [4.69, 9.17) is 0 Å². The number of amides is 3. The molecule has 5 nitrogen and oxygen atoms in total. The smallest absolute Gasteiger partial charge is 0.325 e. The van der Waals surface area contributed by atoms with Crippen LogP contribution in [0, 0.1) is 0 Å². The summed E-state index contributed by atoms with van der Waals surface area (Å²) in [5.74, 6) is -0.212. The van der Waals surface area contributed by atoms with Gasteiger partial charge in [-0.2, -0.15) is 0 Å². The van der Waals surface area contributed by atoms with Crippen molar-refractivity contribution in [3.63, 3.8) is 0 Å². The number of nitrogens with zero attached hydrogens (tertiary/aromatic N) is 1. The Labute approximate surface area is 88.4 Å². The summed E-state index contributed by atoms with van der Waals surface area (Å²) < 4.78 is 0. The number of aliphatic hydroxyl groups excluding tert-OH is 1. The molecule has 2 fully saturated rings. The Balaban J connectivity index is 2.24. The van der Waals surface area contributed by atoms with Gasteiger partial charge in [0.25, 0.3) is 5.91 Å². The first-order valence-electron chi connectivity index (χ1n) is 5.41. The normalized spacial score (nSPS) is 25.5. The van der Waals surface area contributed by atoms with E-state index in [1.807, 2.05) is 0 Å². The van der Waals surface area contributed by atoms with Gasteiger partial charge in [-0.25, -0.2) is 4.79 Å². The highest BCUT2D eigenvalue weighted by molar-refractivity contribution is 6.02. The predicted molar refractivity (Wildman–Crippen MR) is 53.1 cm³/mol. The van der Waals surface area contributed by atoms with Crippen LogP contribution in [0.4, 0.5) is 4.79 Å². The highest BCUT2D eigenvalue weighted by Gasteiger charge is 2.46. The van der Waals surface area contributed by atoms with Crippen LogP contribution in [0.1, 0.15) is 32.1 Å². The number of rotatable bonds is 2. The molecule has 0 bridgehead atoms. The zero-order chi connectivity index (χ0) is 10.9. The van der Waals surface area contributed by atoms with E-state index in [1.165, 1.54) is 4.90 Å². The van der Waals surface area contributed by atoms with Crippen molar-refractivity contribution in [1.29, 1.82) is 0 Å². The molecule has 1 heterocycles. The number of carbonyl (C=O) groups is 2. The highest BCUT2D eigenvalue weighted by Crippen LogP contribution is 2.34. The van der Waals surface area contributed by atoms with Crippen molar-refractivity contribution in [3.8, 4) is 0 Å². The number of hydrogen-bond donors (Lipinski definition) is 2. The van der Waals surface area contributed by atoms with Crippen LogP contribution in [0.5, 0.6) is 0 Å². The monoisotopic (exact) mass is 212 g/mol. The summed E-state index contributed by atoms with van der Waals surface area (Å²) in [6, 6.07) is -0.351. The lowest BCUT2D eigenvalue weighted by atomic mass is 9.81. The molecular formula is C10H16N2O3. The molecule has 15 heavy (non-hydrogen) atoms. The number of urea groups is 1. The Hall–Kier alpha value is -1.10. The van der Waals surface area contributed by atoms with E-state index in [2.05, 4.69) is 5.32 Å². The second-order valence-corrected chi connectivity index (χ2v) is 4.33. The SMILES string of the molecule is O=C1CNC(=O)N1C1(CO)CCCCC1. The van der Waals surface area contributed by atoms with Gasteiger partial charge in [0.15, 0.2) is 0 Å². The van der Waals surface area contributed by atoms with Gasteiger partial charge in [-0.1, -0.05) is 19.3 Å². The summed E-state index contributed by atoms with van der Waals surface area (Å²) in [5.41, 5.74) is -0.629. The molecule has 1 aliphatic heterocycles. The van der Waals surface area contributed by atoms with Gasteiger partial charge < -0.3 is 10.4 Å². The molecular weight excluding hydrogens is 196 g/mol. The average molecular weight is 212 g/mol. The molecule has 5 heteroatoms. The zero-order valence-electron chi connectivity index (χ0n) is 8.66. The summed E-state index contributed by atoms with van der Waals surface area (Å²) in [5, 5.41) is 12.0. The molecule has 2 N–H and O–H groups in total. The molecule has 0 aromatic rings. The van der Waals surface area contributed by atoms with E-state index in [0.29, 0.717) is 0 Å². The van der Waals surface area contributed by atoms with E-state index in [0.717, 1.165) is 32.1 Å². The van der Waals surface area contributed by atoms with Crippen LogP contribution < -0.4 is 5.32 Å². The Morgan fingerprint density at radius 2 is 1.93 bits per heavy atom. The van der Waals surface area contributed by atoms with E-state index in [1.54, 1.807) is 0 Å². The molecule has 1 saturated heterocycles. The van der Waals surface area contributed by atoms with E-state index >= 15 is 0 Å². The van der Waals surface area contributed by atoms with Crippen LogP contribution in [0.2, 0.25) is 0 Å². The Bertz CT molecular complexity index is 268. The quantitative estimate of drug-likeness (QED) is 0.644. The molecule has 0 atom stereocenters. The number of carbonyl (C=O) groups excluding carboxylic acids is 2. The van der Waals surface area contributed by atoms with E-state index in [-0.39, 0.29) is 25.1 Å². The molecule has 1 saturated carbocycles. The van der Waals surface area contributed by atoms with Crippen LogP contribution >= 0.6 is 0 Å². The third kappa shape index (κ3) is 1.61. The Kier molecular flexibility index (Phi) is 2.65. The largest absolute Gasteiger partial charge is 0.394 e. The Morgan fingerprint density at radius 1 is 1.27 bits per heavy atom. The molecule has 3 amide bonds. The molecule has 0 unspecified atom stereocenters. The third-order valence-corrected chi connectivity index (χ3v) is 3.40. The Morgan fingerprint density at radius 3 is 2.40 bits per heavy atom. The summed E-state index contributed by atoms with van der Waals surface area (Å²) in [4.78, 5) is 24.4. The van der Waals surface area contributed by atoms with Crippen LogP contribution in [0.25, 0.3) is 0 Å². The number of hydrogen-bond acceptors (Lipinski definition) is 3. The first-order valence-corrected chi connectivity index (χ1v) is 5.41. The maximum Gasteiger partial charge on any atom is 0.325 e. The molecule has 0 radical (unpaired) electrons. The van der Waals surface area contributed by atoms with Gasteiger partial charge in [-0.15, -0.1) is 0 Å². The minimum Gasteiger partial charge on any atom is -0.394 e. The maximum absolute atomic E-state index is 11.6. The topological polar surface area (TPSA) is 69.6 Å². The molecule has 2 rings (SSSR count). The van der Waals surface area contributed by atoms with Crippen LogP contribution in [0.3, 0.4) is 0 Å². The summed E-state index contributed by atoms with van der Waals surface area (Å²) >= 11 is 0. The fourth-order valence-electron chi connectivity index (χ4n) is 2.56. The van der Waals surface area contributed by atoms with Crippen LogP contribution in [0.15, 0.2) is 0 Å². The number of nitrogens with one attached hydrogen (secondary N) is 1. The van der Waals surface area contributed by atoms with Crippen LogP contribution in [-0.2, 0) is 4.79 Å². The lowest BCUT2D eigenvalue weighted by molar-refractivity contribution is -0.132. The highest BCUT2D eigenvalue weighted by atomic mass is 16.3. The maximum atomic E-state index is 11.6. The fraction of sp³-hybridized carbons (Fsp3) is 0.800. The van der Waals surface area contributed by atoms with Crippen molar-refractivity contribution in [2.24, 2.45) is 0 Å². The van der Waals surface area contributed by atoms with Gasteiger partial charge in [0.1, 0.15) is 0 Å². The van der Waals surface area contributed by atoms with E-state index < -0.39 is 5.54 Å². The second-order valence-electron chi connectivity index (χ2n) is 4.33. The number of imide groups is 1. The third-order valence-electron chi connectivity index (χ3n) is 3.40. The summed E-state index contributed by atoms with van der Waals surface area (Å²) in [6.07, 6.45) is 4.51. The second kappa shape index (κ2) is 3.81. The van der Waals surface area contributed by atoms with Crippen molar-refractivity contribution in [1.82, 2.24) is 10.2 Å². The first-order chi connectivity index (χ1) is 7.19. The molecule has 0 spiro atoms. The van der Waals surface area contributed by atoms with Crippen molar-refractivity contribution in [2.75, 3.05) is 13.2 Å². The lowest BCUT2D eigenvalue weighted by Gasteiger charge is -2.41. The standard InChI is InChI=1S/C10H16N2O3/c13-7-10(4-2-1-3-5-10)12-8(14)6-11-9(12)15/h13H,1-7H2,(H,11,15). The van der Waals surface area contributed by atoms with Gasteiger partial charge in [-0.05, 0) is 12.8 Å². The summed E-state index contributed by atoms with van der Waals surface area (Å²) in [7, 11) is 0. The molecule has 2 aliphatic rings. The van der Waals surface area contributed by atoms with Crippen molar-refractivity contribution >= 4 is 11.9 Å². The van der Waals surface area contributed by atoms with Crippen molar-refractivity contribution in [2.45, 2.75) is 37.6 Å². The van der Waals surface area contributed by atoms with E-state index in [9.17, 15) is 14.7 Å². The van der Waals surface area contributed by atoms with Gasteiger partial charge in [0.05, 0.1) is 18.7 Å². The van der Waals surface area contributed by atoms with Crippen molar-refractivity contribution in [3.05, 3.63) is 0 Å². The minimum atomic E-state index is -0.629. The number of aliphatic hydroxyl groups is 1. The van der Waals surface area contributed by atoms with Gasteiger partial charge in [0.2, 0.25) is 0 Å². The van der Waals surface area contributed by atoms with Crippen molar-refractivity contribution < 1.29 is 14.7 Å². The van der Waals surface area contributed by atoms with Crippen LogP contribution in [-0.4, -0.2) is 40.6 Å². The average Bonchev–Trinajstić information content (AvgIpc) is 2.60. The van der Waals surface area contributed by atoms with Gasteiger partial charge >= 0.3 is 6.03 Å². The lowest BCUT2D eigenvalue weighted by Crippen LogP contribution is -2.55. The van der Waals surface area contributed by atoms with Gasteiger partial charge in [0, 0.05) is 0 Å². The summed E-state index contributed by atoms with van der Waals surface area (Å²) in [6.45, 7) is -0.0489. The molecule has 0 aromatic carbocycles. The molecule has 84 valence electrons.